The van der Waals surface area contributed by atoms with E-state index in [0.717, 1.165) is 29.9 Å². The number of nitrogens with zero attached hydrogens (tertiary/aromatic N) is 3. The van der Waals surface area contributed by atoms with Crippen molar-refractivity contribution in [2.45, 2.75) is 13.3 Å². The Labute approximate surface area is 199 Å². The Morgan fingerprint density at radius 2 is 1.59 bits per heavy atom. The van der Waals surface area contributed by atoms with Crippen molar-refractivity contribution in [3.8, 4) is 6.07 Å². The van der Waals surface area contributed by atoms with E-state index in [1.807, 2.05) is 60.4 Å². The van der Waals surface area contributed by atoms with Gasteiger partial charge in [0.25, 0.3) is 0 Å². The third-order valence-electron chi connectivity index (χ3n) is 5.98. The Hall–Kier alpha value is -4.31. The van der Waals surface area contributed by atoms with Gasteiger partial charge in [-0.2, -0.15) is 5.26 Å². The number of benzene rings is 3. The molecule has 34 heavy (non-hydrogen) atoms. The number of nitriles is 1. The van der Waals surface area contributed by atoms with Crippen LogP contribution in [0.5, 0.6) is 0 Å². The summed E-state index contributed by atoms with van der Waals surface area (Å²) in [5.74, 6) is 0.166. The molecule has 1 fully saturated rings. The molecule has 3 aromatic carbocycles. The van der Waals surface area contributed by atoms with E-state index in [-0.39, 0.29) is 11.9 Å². The summed E-state index contributed by atoms with van der Waals surface area (Å²) in [4.78, 5) is 29.2. The van der Waals surface area contributed by atoms with Gasteiger partial charge < -0.3 is 20.4 Å². The molecule has 0 saturated carbocycles. The number of amides is 3. The molecule has 0 spiro atoms. The van der Waals surface area contributed by atoms with Gasteiger partial charge in [0, 0.05) is 43.2 Å². The molecule has 0 aromatic heterocycles. The first-order chi connectivity index (χ1) is 16.5. The second kappa shape index (κ2) is 10.5. The van der Waals surface area contributed by atoms with Crippen molar-refractivity contribution in [2.24, 2.45) is 0 Å². The fraction of sp³-hybridized carbons (Fsp3) is 0.222. The molecule has 0 unspecified atom stereocenters. The minimum absolute atomic E-state index is 0.166. The summed E-state index contributed by atoms with van der Waals surface area (Å²) in [5, 5.41) is 14.5. The van der Waals surface area contributed by atoms with Crippen LogP contribution in [0, 0.1) is 18.3 Å². The van der Waals surface area contributed by atoms with Gasteiger partial charge >= 0.3 is 6.03 Å². The van der Waals surface area contributed by atoms with Crippen molar-refractivity contribution in [3.05, 3.63) is 89.5 Å². The number of anilines is 3. The minimum Gasteiger partial charge on any atom is -0.368 e. The molecule has 1 aliphatic heterocycles. The summed E-state index contributed by atoms with van der Waals surface area (Å²) in [5.41, 5.74) is 5.00. The highest BCUT2D eigenvalue weighted by Gasteiger charge is 2.21. The summed E-state index contributed by atoms with van der Waals surface area (Å²) in [7, 11) is 0. The number of piperazine rings is 1. The molecule has 0 bridgehead atoms. The van der Waals surface area contributed by atoms with E-state index < -0.39 is 0 Å². The van der Waals surface area contributed by atoms with Crippen LogP contribution in [0.15, 0.2) is 72.8 Å². The van der Waals surface area contributed by atoms with Crippen molar-refractivity contribution in [1.29, 1.82) is 5.26 Å². The minimum atomic E-state index is -0.372. The normalized spacial score (nSPS) is 13.2. The van der Waals surface area contributed by atoms with Crippen LogP contribution in [-0.2, 0) is 11.2 Å². The fourth-order valence-electron chi connectivity index (χ4n) is 4.01. The van der Waals surface area contributed by atoms with E-state index in [2.05, 4.69) is 21.6 Å². The number of aryl methyl sites for hydroxylation is 1. The monoisotopic (exact) mass is 453 g/mol. The van der Waals surface area contributed by atoms with Gasteiger partial charge in [0.15, 0.2) is 0 Å². The molecule has 4 rings (SSSR count). The topological polar surface area (TPSA) is 88.5 Å². The lowest BCUT2D eigenvalue weighted by Crippen LogP contribution is -2.49. The first kappa shape index (κ1) is 22.9. The van der Waals surface area contributed by atoms with Crippen LogP contribution in [0.4, 0.5) is 21.9 Å². The molecule has 0 atom stereocenters. The molecule has 172 valence electrons. The smallest absolute Gasteiger partial charge is 0.323 e. The Morgan fingerprint density at radius 3 is 2.29 bits per heavy atom. The molecular weight excluding hydrogens is 426 g/mol. The Morgan fingerprint density at radius 1 is 0.882 bits per heavy atom. The van der Waals surface area contributed by atoms with Gasteiger partial charge in [0.2, 0.25) is 5.91 Å². The Bertz CT molecular complexity index is 1210. The van der Waals surface area contributed by atoms with Crippen LogP contribution in [0.3, 0.4) is 0 Å². The first-order valence-corrected chi connectivity index (χ1v) is 11.3. The quantitative estimate of drug-likeness (QED) is 0.599. The second-order valence-electron chi connectivity index (χ2n) is 8.29. The average molecular weight is 454 g/mol. The Balaban J connectivity index is 1.27. The predicted octanol–water partition coefficient (Wildman–Crippen LogP) is 4.40. The lowest BCUT2D eigenvalue weighted by atomic mass is 10.1. The number of carbonyl (C=O) groups is 2. The number of hydrogen-bond donors (Lipinski definition) is 2. The summed E-state index contributed by atoms with van der Waals surface area (Å²) in [6.45, 7) is 4.95. The van der Waals surface area contributed by atoms with E-state index in [0.29, 0.717) is 36.4 Å². The number of nitrogens with one attached hydrogen (secondary N) is 2. The van der Waals surface area contributed by atoms with Gasteiger partial charge in [0.1, 0.15) is 0 Å². The third-order valence-corrected chi connectivity index (χ3v) is 5.98. The molecule has 1 saturated heterocycles. The van der Waals surface area contributed by atoms with Crippen LogP contribution in [0.2, 0.25) is 0 Å². The average Bonchev–Trinajstić information content (AvgIpc) is 2.86. The maximum Gasteiger partial charge on any atom is 0.323 e. The molecule has 3 amide bonds. The maximum absolute atomic E-state index is 12.7. The summed E-state index contributed by atoms with van der Waals surface area (Å²) in [6.07, 6.45) is 0.440. The molecule has 7 heteroatoms. The van der Waals surface area contributed by atoms with E-state index in [1.54, 1.807) is 24.3 Å². The molecule has 3 aromatic rings. The number of carbonyl (C=O) groups excluding carboxylic acids is 2. The zero-order valence-electron chi connectivity index (χ0n) is 19.1. The summed E-state index contributed by atoms with van der Waals surface area (Å²) >= 11 is 0. The largest absolute Gasteiger partial charge is 0.368 e. The van der Waals surface area contributed by atoms with E-state index >= 15 is 0 Å². The van der Waals surface area contributed by atoms with Crippen molar-refractivity contribution in [3.63, 3.8) is 0 Å². The van der Waals surface area contributed by atoms with Crippen molar-refractivity contribution < 1.29 is 9.59 Å². The highest BCUT2D eigenvalue weighted by atomic mass is 16.2. The lowest BCUT2D eigenvalue weighted by molar-refractivity contribution is -0.130. The zero-order valence-corrected chi connectivity index (χ0v) is 19.1. The number of urea groups is 1. The van der Waals surface area contributed by atoms with E-state index in [4.69, 9.17) is 5.26 Å². The molecule has 7 nitrogen and oxygen atoms in total. The van der Waals surface area contributed by atoms with Gasteiger partial charge in [-0.15, -0.1) is 0 Å². The lowest BCUT2D eigenvalue weighted by Gasteiger charge is -2.36. The van der Waals surface area contributed by atoms with Crippen LogP contribution >= 0.6 is 0 Å². The third kappa shape index (κ3) is 5.73. The fourth-order valence-corrected chi connectivity index (χ4v) is 4.01. The zero-order chi connectivity index (χ0) is 23.9. The highest BCUT2D eigenvalue weighted by molar-refractivity contribution is 5.99. The summed E-state index contributed by atoms with van der Waals surface area (Å²) in [6, 6.07) is 24.1. The van der Waals surface area contributed by atoms with Gasteiger partial charge in [0.05, 0.1) is 18.1 Å². The molecular formula is C27H27N5O2. The van der Waals surface area contributed by atoms with Gasteiger partial charge in [-0.05, 0) is 60.5 Å². The molecule has 0 aliphatic carbocycles. The number of rotatable bonds is 5. The van der Waals surface area contributed by atoms with Crippen molar-refractivity contribution in [2.75, 3.05) is 41.7 Å². The van der Waals surface area contributed by atoms with E-state index in [9.17, 15) is 9.59 Å². The highest BCUT2D eigenvalue weighted by Crippen LogP contribution is 2.20. The van der Waals surface area contributed by atoms with Crippen LogP contribution in [-0.4, -0.2) is 43.0 Å². The first-order valence-electron chi connectivity index (χ1n) is 11.3. The van der Waals surface area contributed by atoms with Gasteiger partial charge in [-0.3, -0.25) is 4.79 Å². The second-order valence-corrected chi connectivity index (χ2v) is 8.29. The molecule has 1 aliphatic rings. The standard InChI is InChI=1S/C27H27N5O2/c1-20-5-2-3-7-22(20)18-26(33)32-15-13-31(14-16-32)25-11-9-23(10-12-25)29-27(34)30-24-8-4-6-21(17-24)19-28/h2-12,17H,13-16,18H2,1H3,(H2,29,30,34). The van der Waals surface area contributed by atoms with Crippen molar-refractivity contribution >= 4 is 29.0 Å². The maximum atomic E-state index is 12.7. The van der Waals surface area contributed by atoms with Crippen LogP contribution in [0.1, 0.15) is 16.7 Å². The van der Waals surface area contributed by atoms with E-state index in [1.165, 1.54) is 0 Å². The van der Waals surface area contributed by atoms with Gasteiger partial charge in [-0.1, -0.05) is 30.3 Å². The van der Waals surface area contributed by atoms with Crippen LogP contribution in [0.25, 0.3) is 0 Å². The number of hydrogen-bond acceptors (Lipinski definition) is 4. The summed E-state index contributed by atoms with van der Waals surface area (Å²) < 4.78 is 0. The molecule has 0 radical (unpaired) electrons. The SMILES string of the molecule is Cc1ccccc1CC(=O)N1CCN(c2ccc(NC(=O)Nc3cccc(C#N)c3)cc2)CC1. The van der Waals surface area contributed by atoms with Crippen LogP contribution < -0.4 is 15.5 Å². The van der Waals surface area contributed by atoms with Crippen molar-refractivity contribution in [1.82, 2.24) is 4.90 Å². The van der Waals surface area contributed by atoms with Gasteiger partial charge in [-0.25, -0.2) is 4.79 Å². The molecule has 1 heterocycles. The Kier molecular flexibility index (Phi) is 7.09. The predicted molar refractivity (Wildman–Crippen MR) is 134 cm³/mol. The molecule has 2 N–H and O–H groups in total.